The number of rotatable bonds is 2. The molecular weight excluding hydrogens is 320 g/mol. The molecule has 0 aromatic rings. The number of ketones is 1. The maximum Gasteiger partial charge on any atom is 0.146 e. The number of carbonyl (C=O) groups excluding carboxylic acids is 1. The molecule has 1 unspecified atom stereocenters. The minimum atomic E-state index is -0.558. The van der Waals surface area contributed by atoms with Crippen LogP contribution in [0.2, 0.25) is 0 Å². The SMILES string of the molecule is N#CC1=C(N)NC(SC2CCCCC2=O)=C(C#N)C12CCCCC2. The molecule has 1 atom stereocenters. The van der Waals surface area contributed by atoms with Crippen molar-refractivity contribution in [1.29, 1.82) is 10.5 Å². The molecule has 6 heteroatoms. The van der Waals surface area contributed by atoms with Crippen LogP contribution in [0.3, 0.4) is 0 Å². The van der Waals surface area contributed by atoms with Crippen LogP contribution in [0, 0.1) is 28.1 Å². The van der Waals surface area contributed by atoms with Gasteiger partial charge in [0.1, 0.15) is 11.6 Å². The first-order chi connectivity index (χ1) is 11.6. The van der Waals surface area contributed by atoms with E-state index in [-0.39, 0.29) is 11.0 Å². The fourth-order valence-corrected chi connectivity index (χ4v) is 5.48. The van der Waals surface area contributed by atoms with Gasteiger partial charge in [-0.2, -0.15) is 10.5 Å². The van der Waals surface area contributed by atoms with Gasteiger partial charge in [0.05, 0.1) is 33.6 Å². The highest BCUT2D eigenvalue weighted by Gasteiger charge is 2.46. The van der Waals surface area contributed by atoms with Crippen LogP contribution in [0.25, 0.3) is 0 Å². The fraction of sp³-hybridized carbons (Fsp3) is 0.611. The van der Waals surface area contributed by atoms with Gasteiger partial charge in [0, 0.05) is 11.8 Å². The maximum absolute atomic E-state index is 12.2. The Bertz CT molecular complexity index is 689. The molecule has 2 saturated carbocycles. The van der Waals surface area contributed by atoms with Crippen LogP contribution in [0.15, 0.2) is 22.0 Å². The molecule has 0 amide bonds. The van der Waals surface area contributed by atoms with Gasteiger partial charge in [-0.1, -0.05) is 37.4 Å². The van der Waals surface area contributed by atoms with E-state index in [4.69, 9.17) is 5.73 Å². The number of nitriles is 2. The third-order valence-corrected chi connectivity index (χ3v) is 6.72. The van der Waals surface area contributed by atoms with Crippen molar-refractivity contribution >= 4 is 17.5 Å². The van der Waals surface area contributed by atoms with Crippen molar-refractivity contribution in [3.63, 3.8) is 0 Å². The molecule has 0 saturated heterocycles. The molecule has 3 N–H and O–H groups in total. The first-order valence-corrected chi connectivity index (χ1v) is 9.52. The van der Waals surface area contributed by atoms with E-state index in [9.17, 15) is 15.3 Å². The summed E-state index contributed by atoms with van der Waals surface area (Å²) >= 11 is 1.44. The van der Waals surface area contributed by atoms with Gasteiger partial charge < -0.3 is 11.1 Å². The van der Waals surface area contributed by atoms with Crippen LogP contribution in [0.4, 0.5) is 0 Å². The first-order valence-electron chi connectivity index (χ1n) is 8.64. The predicted molar refractivity (Wildman–Crippen MR) is 93.0 cm³/mol. The van der Waals surface area contributed by atoms with Crippen LogP contribution in [0.5, 0.6) is 0 Å². The van der Waals surface area contributed by atoms with Crippen molar-refractivity contribution in [2.45, 2.75) is 63.0 Å². The second kappa shape index (κ2) is 6.91. The van der Waals surface area contributed by atoms with E-state index >= 15 is 0 Å². The van der Waals surface area contributed by atoms with Crippen LogP contribution in [-0.2, 0) is 4.79 Å². The highest BCUT2D eigenvalue weighted by atomic mass is 32.2. The molecule has 3 rings (SSSR count). The Morgan fingerprint density at radius 1 is 1.08 bits per heavy atom. The van der Waals surface area contributed by atoms with Gasteiger partial charge in [0.25, 0.3) is 0 Å². The lowest BCUT2D eigenvalue weighted by molar-refractivity contribution is -0.119. The summed E-state index contributed by atoms with van der Waals surface area (Å²) in [6.45, 7) is 0. The van der Waals surface area contributed by atoms with Crippen LogP contribution < -0.4 is 11.1 Å². The van der Waals surface area contributed by atoms with E-state index in [1.165, 1.54) is 11.8 Å². The smallest absolute Gasteiger partial charge is 0.146 e. The zero-order valence-corrected chi connectivity index (χ0v) is 14.5. The largest absolute Gasteiger partial charge is 0.384 e. The summed E-state index contributed by atoms with van der Waals surface area (Å²) in [7, 11) is 0. The summed E-state index contributed by atoms with van der Waals surface area (Å²) in [5, 5.41) is 23.1. The van der Waals surface area contributed by atoms with Crippen LogP contribution in [-0.4, -0.2) is 11.0 Å². The van der Waals surface area contributed by atoms with E-state index in [0.717, 1.165) is 51.4 Å². The number of carbonyl (C=O) groups is 1. The Morgan fingerprint density at radius 2 is 1.79 bits per heavy atom. The molecule has 3 aliphatic rings. The third-order valence-electron chi connectivity index (χ3n) is 5.39. The van der Waals surface area contributed by atoms with E-state index in [2.05, 4.69) is 17.5 Å². The molecule has 126 valence electrons. The molecule has 0 aromatic carbocycles. The Kier molecular flexibility index (Phi) is 4.87. The number of dihydropyridines is 1. The Balaban J connectivity index is 1.99. The van der Waals surface area contributed by atoms with E-state index in [1.54, 1.807) is 0 Å². The van der Waals surface area contributed by atoms with Gasteiger partial charge in [-0.05, 0) is 25.7 Å². The lowest BCUT2D eigenvalue weighted by Gasteiger charge is -2.41. The van der Waals surface area contributed by atoms with Crippen molar-refractivity contribution in [2.24, 2.45) is 11.1 Å². The quantitative estimate of drug-likeness (QED) is 0.799. The molecule has 24 heavy (non-hydrogen) atoms. The average Bonchev–Trinajstić information content (AvgIpc) is 2.58. The zero-order valence-electron chi connectivity index (χ0n) is 13.7. The lowest BCUT2D eigenvalue weighted by Crippen LogP contribution is -2.40. The highest BCUT2D eigenvalue weighted by Crippen LogP contribution is 2.52. The molecule has 0 aromatic heterocycles. The van der Waals surface area contributed by atoms with Gasteiger partial charge >= 0.3 is 0 Å². The van der Waals surface area contributed by atoms with Crippen molar-refractivity contribution in [2.75, 3.05) is 0 Å². The summed E-state index contributed by atoms with van der Waals surface area (Å²) < 4.78 is 0. The molecule has 0 bridgehead atoms. The first kappa shape index (κ1) is 16.9. The number of nitrogens with two attached hydrogens (primary N) is 1. The van der Waals surface area contributed by atoms with Gasteiger partial charge in [-0.25, -0.2) is 0 Å². The van der Waals surface area contributed by atoms with E-state index in [1.807, 2.05) is 0 Å². The number of Topliss-reactive ketones (excluding diaryl/α,β-unsaturated/α-hetero) is 1. The molecule has 1 aliphatic heterocycles. The van der Waals surface area contributed by atoms with E-state index in [0.29, 0.717) is 28.4 Å². The number of hydrogen-bond acceptors (Lipinski definition) is 6. The molecule has 5 nitrogen and oxygen atoms in total. The molecule has 0 radical (unpaired) electrons. The second-order valence-corrected chi connectivity index (χ2v) is 8.02. The Morgan fingerprint density at radius 3 is 2.42 bits per heavy atom. The normalized spacial score (nSPS) is 26.8. The average molecular weight is 342 g/mol. The molecule has 1 heterocycles. The van der Waals surface area contributed by atoms with E-state index < -0.39 is 5.41 Å². The van der Waals surface area contributed by atoms with Gasteiger partial charge in [-0.3, -0.25) is 4.79 Å². The topological polar surface area (TPSA) is 103 Å². The van der Waals surface area contributed by atoms with Crippen molar-refractivity contribution in [1.82, 2.24) is 5.32 Å². The summed E-state index contributed by atoms with van der Waals surface area (Å²) in [4.78, 5) is 12.2. The summed E-state index contributed by atoms with van der Waals surface area (Å²) in [5.74, 6) is 0.605. The number of nitrogens with zero attached hydrogens (tertiary/aromatic N) is 2. The van der Waals surface area contributed by atoms with Crippen LogP contribution >= 0.6 is 11.8 Å². The standard InChI is InChI=1S/C18H22N4OS/c19-10-12-16(21)22-17(24-15-7-3-2-6-14(15)23)13(11-20)18(12)8-4-1-5-9-18/h15,22H,1-9,21H2. The molecular formula is C18H22N4OS. The Hall–Kier alpha value is -1.92. The molecule has 2 aliphatic carbocycles. The maximum atomic E-state index is 12.2. The fourth-order valence-electron chi connectivity index (χ4n) is 4.13. The lowest BCUT2D eigenvalue weighted by atomic mass is 9.64. The number of nitrogens with one attached hydrogen (secondary N) is 1. The highest BCUT2D eigenvalue weighted by molar-refractivity contribution is 8.04. The van der Waals surface area contributed by atoms with Gasteiger partial charge in [-0.15, -0.1) is 0 Å². The second-order valence-electron chi connectivity index (χ2n) is 6.80. The summed E-state index contributed by atoms with van der Waals surface area (Å²) in [6, 6.07) is 4.59. The predicted octanol–water partition coefficient (Wildman–Crippen LogP) is 3.21. The minimum Gasteiger partial charge on any atom is -0.384 e. The van der Waals surface area contributed by atoms with Crippen molar-refractivity contribution < 1.29 is 4.79 Å². The van der Waals surface area contributed by atoms with Crippen molar-refractivity contribution in [3.05, 3.63) is 22.0 Å². The summed E-state index contributed by atoms with van der Waals surface area (Å²) in [5.41, 5.74) is 6.69. The Labute approximate surface area is 147 Å². The monoisotopic (exact) mass is 342 g/mol. The minimum absolute atomic E-state index is 0.110. The van der Waals surface area contributed by atoms with Gasteiger partial charge in [0.2, 0.25) is 0 Å². The van der Waals surface area contributed by atoms with Crippen LogP contribution in [0.1, 0.15) is 57.8 Å². The molecule has 2 fully saturated rings. The number of hydrogen-bond donors (Lipinski definition) is 2. The summed E-state index contributed by atoms with van der Waals surface area (Å²) in [6.07, 6.45) is 8.12. The molecule has 1 spiro atoms. The zero-order chi connectivity index (χ0) is 17.2. The number of allylic oxidation sites excluding steroid dienone is 2. The van der Waals surface area contributed by atoms with Gasteiger partial charge in [0.15, 0.2) is 0 Å². The van der Waals surface area contributed by atoms with Crippen molar-refractivity contribution in [3.8, 4) is 12.1 Å². The third kappa shape index (κ3) is 2.80. The number of thioether (sulfide) groups is 1.